The summed E-state index contributed by atoms with van der Waals surface area (Å²) in [6, 6.07) is 16.3. The second kappa shape index (κ2) is 13.2. The summed E-state index contributed by atoms with van der Waals surface area (Å²) in [5.41, 5.74) is 5.94. The van der Waals surface area contributed by atoms with E-state index in [4.69, 9.17) is 0 Å². The van der Waals surface area contributed by atoms with E-state index in [9.17, 15) is 19.8 Å². The van der Waals surface area contributed by atoms with Gasteiger partial charge >= 0.3 is 0 Å². The van der Waals surface area contributed by atoms with Crippen molar-refractivity contribution in [3.8, 4) is 33.6 Å². The average molecular weight is 625 g/mol. The van der Waals surface area contributed by atoms with E-state index in [-0.39, 0.29) is 35.7 Å². The number of aromatic nitrogens is 4. The Morgan fingerprint density at radius 2 is 1.00 bits per heavy atom. The topological polar surface area (TPSA) is 138 Å². The fourth-order valence-electron chi connectivity index (χ4n) is 6.53. The first-order chi connectivity index (χ1) is 22.1. The number of likely N-dealkylation sites (tertiary alicyclic amines) is 2. The molecule has 46 heavy (non-hydrogen) atoms. The molecule has 2 unspecified atom stereocenters. The Balaban J connectivity index is 1.12. The van der Waals surface area contributed by atoms with Crippen molar-refractivity contribution in [1.82, 2.24) is 29.7 Å². The third-order valence-corrected chi connectivity index (χ3v) is 9.39. The number of imidazole rings is 2. The highest BCUT2D eigenvalue weighted by molar-refractivity contribution is 5.82. The minimum Gasteiger partial charge on any atom is -0.383 e. The molecule has 4 N–H and O–H groups in total. The predicted molar refractivity (Wildman–Crippen MR) is 176 cm³/mol. The first-order valence-electron chi connectivity index (χ1n) is 16.4. The number of rotatable bonds is 9. The molecule has 6 rings (SSSR count). The molecule has 2 aliphatic heterocycles. The van der Waals surface area contributed by atoms with Crippen LogP contribution >= 0.6 is 0 Å². The number of carbonyl (C=O) groups excluding carboxylic acids is 2. The van der Waals surface area contributed by atoms with E-state index in [1.54, 1.807) is 9.80 Å². The maximum Gasteiger partial charge on any atom is 0.252 e. The summed E-state index contributed by atoms with van der Waals surface area (Å²) in [5, 5.41) is 20.7. The van der Waals surface area contributed by atoms with Crippen molar-refractivity contribution in [3.63, 3.8) is 0 Å². The highest BCUT2D eigenvalue weighted by Gasteiger charge is 2.37. The molecule has 4 heterocycles. The number of nitrogens with one attached hydrogen (secondary N) is 2. The predicted octanol–water partition coefficient (Wildman–Crippen LogP) is 5.49. The maximum absolute atomic E-state index is 12.9. The van der Waals surface area contributed by atoms with Crippen LogP contribution < -0.4 is 0 Å². The number of hydrogen-bond donors (Lipinski definition) is 4. The Bertz CT molecular complexity index is 1530. The summed E-state index contributed by atoms with van der Waals surface area (Å²) in [6.45, 7) is 8.65. The van der Waals surface area contributed by atoms with Gasteiger partial charge in [-0.1, -0.05) is 76.2 Å². The molecule has 4 atom stereocenters. The molecule has 0 aliphatic carbocycles. The van der Waals surface area contributed by atoms with Crippen LogP contribution in [-0.2, 0) is 9.59 Å². The lowest BCUT2D eigenvalue weighted by molar-refractivity contribution is -0.144. The van der Waals surface area contributed by atoms with Crippen molar-refractivity contribution in [3.05, 3.63) is 72.6 Å². The number of amides is 2. The molecule has 0 radical (unpaired) electrons. The molecule has 2 fully saturated rings. The van der Waals surface area contributed by atoms with Gasteiger partial charge in [-0.2, -0.15) is 0 Å². The molecule has 2 amide bonds. The zero-order valence-electron chi connectivity index (χ0n) is 27.0. The van der Waals surface area contributed by atoms with Gasteiger partial charge in [-0.15, -0.1) is 0 Å². The minimum atomic E-state index is -1.00. The van der Waals surface area contributed by atoms with Gasteiger partial charge < -0.3 is 30.0 Å². The van der Waals surface area contributed by atoms with Crippen molar-refractivity contribution in [1.29, 1.82) is 0 Å². The van der Waals surface area contributed by atoms with Gasteiger partial charge in [0.1, 0.15) is 23.9 Å². The van der Waals surface area contributed by atoms with Crippen LogP contribution in [0.5, 0.6) is 0 Å². The molecule has 242 valence electrons. The number of carbonyl (C=O) groups is 2. The minimum absolute atomic E-state index is 0.133. The Morgan fingerprint density at radius 1 is 0.652 bits per heavy atom. The molecule has 2 saturated heterocycles. The molecule has 0 saturated carbocycles. The van der Waals surface area contributed by atoms with Crippen LogP contribution in [-0.4, -0.2) is 77.1 Å². The molecule has 0 spiro atoms. The van der Waals surface area contributed by atoms with Gasteiger partial charge in [-0.3, -0.25) is 9.59 Å². The Kier molecular flexibility index (Phi) is 9.11. The number of aromatic amines is 2. The van der Waals surface area contributed by atoms with E-state index in [0.717, 1.165) is 71.0 Å². The molecule has 2 aromatic heterocycles. The van der Waals surface area contributed by atoms with Gasteiger partial charge in [0.15, 0.2) is 0 Å². The molecule has 2 aliphatic rings. The summed E-state index contributed by atoms with van der Waals surface area (Å²) < 4.78 is 0. The van der Waals surface area contributed by atoms with Crippen LogP contribution in [0.4, 0.5) is 0 Å². The molecular formula is C36H44N6O4. The fraction of sp³-hybridized carbons (Fsp3) is 0.444. The third-order valence-electron chi connectivity index (χ3n) is 9.39. The molecule has 4 aromatic rings. The van der Waals surface area contributed by atoms with Gasteiger partial charge in [0.05, 0.1) is 35.9 Å². The van der Waals surface area contributed by atoms with E-state index in [1.165, 1.54) is 0 Å². The summed E-state index contributed by atoms with van der Waals surface area (Å²) in [4.78, 5) is 45.3. The Morgan fingerprint density at radius 3 is 1.35 bits per heavy atom. The standard InChI is InChI=1S/C36H44N6O4/c1-21(2)31(43)35(45)41-17-5-7-29(41)33-37-19-27(39-33)25-13-9-23(10-14-25)24-11-15-26(16-12-24)28-20-38-34(40-28)30-8-6-18-42(30)36(46)32(44)22(3)4/h9-16,19-22,29-32,43-44H,5-8,17-18H2,1-4H3,(H,37,39)(H,38,40)/t29?,30?,31-,32-/m0/s1. The average Bonchev–Trinajstić information content (AvgIpc) is 3.89. The Labute approximate surface area is 269 Å². The van der Waals surface area contributed by atoms with E-state index in [1.807, 2.05) is 40.1 Å². The molecule has 0 bridgehead atoms. The van der Waals surface area contributed by atoms with E-state index < -0.39 is 12.2 Å². The van der Waals surface area contributed by atoms with Crippen LogP contribution in [0.2, 0.25) is 0 Å². The third kappa shape index (κ3) is 6.24. The van der Waals surface area contributed by atoms with E-state index in [0.29, 0.717) is 13.1 Å². The Hall–Kier alpha value is -4.28. The number of aliphatic hydroxyl groups is 2. The zero-order chi connectivity index (χ0) is 32.5. The van der Waals surface area contributed by atoms with E-state index in [2.05, 4.69) is 68.5 Å². The van der Waals surface area contributed by atoms with Crippen LogP contribution in [0.25, 0.3) is 33.6 Å². The van der Waals surface area contributed by atoms with Crippen LogP contribution in [0, 0.1) is 11.8 Å². The number of aliphatic hydroxyl groups excluding tert-OH is 2. The smallest absolute Gasteiger partial charge is 0.252 e. The second-order valence-corrected chi connectivity index (χ2v) is 13.3. The van der Waals surface area contributed by atoms with Crippen LogP contribution in [0.1, 0.15) is 77.1 Å². The van der Waals surface area contributed by atoms with Crippen LogP contribution in [0.3, 0.4) is 0 Å². The molecular weight excluding hydrogens is 580 g/mol. The summed E-state index contributed by atoms with van der Waals surface area (Å²) in [5.74, 6) is 0.775. The summed E-state index contributed by atoms with van der Waals surface area (Å²) in [6.07, 6.45) is 5.03. The number of nitrogens with zero attached hydrogens (tertiary/aromatic N) is 4. The molecule has 2 aromatic carbocycles. The van der Waals surface area contributed by atoms with Gasteiger partial charge in [0, 0.05) is 13.1 Å². The lowest BCUT2D eigenvalue weighted by atomic mass is 10.0. The number of hydrogen-bond acceptors (Lipinski definition) is 6. The SMILES string of the molecule is CC(C)[C@H](O)C(=O)N1CCCC1c1ncc(-c2ccc(-c3ccc(-c4cnc(C5CCCN5C(=O)[C@@H](O)C(C)C)[nH]4)cc3)cc2)[nH]1. The molecule has 10 nitrogen and oxygen atoms in total. The monoisotopic (exact) mass is 624 g/mol. The summed E-state index contributed by atoms with van der Waals surface area (Å²) >= 11 is 0. The second-order valence-electron chi connectivity index (χ2n) is 13.3. The first-order valence-corrected chi connectivity index (χ1v) is 16.4. The van der Waals surface area contributed by atoms with Crippen molar-refractivity contribution in [2.24, 2.45) is 11.8 Å². The quantitative estimate of drug-likeness (QED) is 0.194. The maximum atomic E-state index is 12.9. The normalized spacial score (nSPS) is 19.7. The zero-order valence-corrected chi connectivity index (χ0v) is 27.0. The van der Waals surface area contributed by atoms with Gasteiger partial charge in [-0.25, -0.2) is 9.97 Å². The highest BCUT2D eigenvalue weighted by atomic mass is 16.3. The van der Waals surface area contributed by atoms with Gasteiger partial charge in [0.25, 0.3) is 11.8 Å². The lowest BCUT2D eigenvalue weighted by Gasteiger charge is -2.27. The van der Waals surface area contributed by atoms with Gasteiger partial charge in [0.2, 0.25) is 0 Å². The number of H-pyrrole nitrogens is 2. The first kappa shape index (κ1) is 31.7. The molecule has 10 heteroatoms. The highest BCUT2D eigenvalue weighted by Crippen LogP contribution is 2.35. The van der Waals surface area contributed by atoms with Crippen LogP contribution in [0.15, 0.2) is 60.9 Å². The summed E-state index contributed by atoms with van der Waals surface area (Å²) in [7, 11) is 0. The van der Waals surface area contributed by atoms with Crippen molar-refractivity contribution in [2.45, 2.75) is 77.7 Å². The number of benzene rings is 2. The lowest BCUT2D eigenvalue weighted by Crippen LogP contribution is -2.41. The van der Waals surface area contributed by atoms with E-state index >= 15 is 0 Å². The largest absolute Gasteiger partial charge is 0.383 e. The van der Waals surface area contributed by atoms with Crippen molar-refractivity contribution in [2.75, 3.05) is 13.1 Å². The van der Waals surface area contributed by atoms with Crippen molar-refractivity contribution >= 4 is 11.8 Å². The van der Waals surface area contributed by atoms with Crippen molar-refractivity contribution < 1.29 is 19.8 Å². The van der Waals surface area contributed by atoms with Gasteiger partial charge in [-0.05, 0) is 59.8 Å². The fourth-order valence-corrected chi connectivity index (χ4v) is 6.53.